The molecular formula is C14H22N2O3. The minimum atomic E-state index is -0.291. The summed E-state index contributed by atoms with van der Waals surface area (Å²) in [7, 11) is 1.60. The lowest BCUT2D eigenvalue weighted by atomic mass is 10.1. The van der Waals surface area contributed by atoms with Crippen molar-refractivity contribution in [2.45, 2.75) is 25.9 Å². The van der Waals surface area contributed by atoms with E-state index in [2.05, 4.69) is 10.6 Å². The molecule has 1 aromatic carbocycles. The fourth-order valence-electron chi connectivity index (χ4n) is 1.74. The number of methoxy groups -OCH3 is 1. The molecule has 0 heterocycles. The lowest BCUT2D eigenvalue weighted by molar-refractivity contribution is -0.123. The van der Waals surface area contributed by atoms with Crippen molar-refractivity contribution in [3.05, 3.63) is 29.8 Å². The molecule has 0 saturated heterocycles. The number of hydrogen-bond acceptors (Lipinski definition) is 4. The highest BCUT2D eigenvalue weighted by molar-refractivity contribution is 5.81. The van der Waals surface area contributed by atoms with Crippen LogP contribution in [0.4, 0.5) is 0 Å². The smallest absolute Gasteiger partial charge is 0.236 e. The quantitative estimate of drug-likeness (QED) is 0.648. The molecule has 0 aliphatic rings. The summed E-state index contributed by atoms with van der Waals surface area (Å²) >= 11 is 0. The van der Waals surface area contributed by atoms with Crippen molar-refractivity contribution in [1.82, 2.24) is 10.6 Å². The van der Waals surface area contributed by atoms with Crippen LogP contribution in [0.2, 0.25) is 0 Å². The van der Waals surface area contributed by atoms with Crippen molar-refractivity contribution in [3.8, 4) is 5.75 Å². The number of phenolic OH excluding ortho intramolecular Hbond substituents is 1. The Morgan fingerprint density at radius 1 is 1.32 bits per heavy atom. The van der Waals surface area contributed by atoms with Gasteiger partial charge in [-0.2, -0.15) is 0 Å². The van der Waals surface area contributed by atoms with Crippen LogP contribution in [-0.2, 0) is 9.53 Å². The van der Waals surface area contributed by atoms with E-state index in [0.29, 0.717) is 13.2 Å². The first-order valence-electron chi connectivity index (χ1n) is 6.36. The highest BCUT2D eigenvalue weighted by Crippen LogP contribution is 2.16. The van der Waals surface area contributed by atoms with Gasteiger partial charge in [-0.15, -0.1) is 0 Å². The number of carbonyl (C=O) groups is 1. The molecule has 0 spiro atoms. The highest BCUT2D eigenvalue weighted by atomic mass is 16.5. The summed E-state index contributed by atoms with van der Waals surface area (Å²) in [5.74, 6) is 0.184. The molecule has 1 amide bonds. The molecule has 106 valence electrons. The molecule has 0 fully saturated rings. The molecular weight excluding hydrogens is 244 g/mol. The first-order valence-corrected chi connectivity index (χ1v) is 6.36. The van der Waals surface area contributed by atoms with Gasteiger partial charge in [0, 0.05) is 19.7 Å². The maximum atomic E-state index is 11.8. The van der Waals surface area contributed by atoms with Crippen molar-refractivity contribution in [1.29, 1.82) is 0 Å². The number of nitrogens with one attached hydrogen (secondary N) is 2. The number of amides is 1. The number of rotatable bonds is 7. The van der Waals surface area contributed by atoms with Crippen LogP contribution in [0, 0.1) is 0 Å². The van der Waals surface area contributed by atoms with Crippen molar-refractivity contribution < 1.29 is 14.6 Å². The summed E-state index contributed by atoms with van der Waals surface area (Å²) in [6, 6.07) is 6.68. The Morgan fingerprint density at radius 2 is 1.95 bits per heavy atom. The van der Waals surface area contributed by atoms with Gasteiger partial charge in [0.25, 0.3) is 0 Å². The van der Waals surface area contributed by atoms with E-state index in [0.717, 1.165) is 5.56 Å². The maximum Gasteiger partial charge on any atom is 0.236 e. The molecule has 2 atom stereocenters. The highest BCUT2D eigenvalue weighted by Gasteiger charge is 2.15. The number of benzene rings is 1. The zero-order valence-corrected chi connectivity index (χ0v) is 11.6. The molecule has 0 bridgehead atoms. The summed E-state index contributed by atoms with van der Waals surface area (Å²) < 4.78 is 4.87. The number of hydrogen-bond donors (Lipinski definition) is 3. The molecule has 5 heteroatoms. The Morgan fingerprint density at radius 3 is 2.53 bits per heavy atom. The second kappa shape index (κ2) is 7.76. The van der Waals surface area contributed by atoms with E-state index in [1.165, 1.54) is 0 Å². The summed E-state index contributed by atoms with van der Waals surface area (Å²) in [4.78, 5) is 11.8. The standard InChI is InChI=1S/C14H22N2O3/c1-10(12-4-6-13(17)7-5-12)16-11(2)14(18)15-8-9-19-3/h4-7,10-11,16-17H,8-9H2,1-3H3,(H,15,18). The molecule has 1 rings (SSSR count). The van der Waals surface area contributed by atoms with Crippen molar-refractivity contribution in [3.63, 3.8) is 0 Å². The number of phenols is 1. The molecule has 0 radical (unpaired) electrons. The third-order valence-electron chi connectivity index (χ3n) is 2.89. The van der Waals surface area contributed by atoms with E-state index in [9.17, 15) is 9.90 Å². The summed E-state index contributed by atoms with van der Waals surface area (Å²) in [5, 5.41) is 15.2. The van der Waals surface area contributed by atoms with E-state index in [1.54, 1.807) is 19.2 Å². The van der Waals surface area contributed by atoms with Gasteiger partial charge in [0.05, 0.1) is 12.6 Å². The fraction of sp³-hybridized carbons (Fsp3) is 0.500. The van der Waals surface area contributed by atoms with Gasteiger partial charge >= 0.3 is 0 Å². The second-order valence-corrected chi connectivity index (χ2v) is 4.49. The zero-order chi connectivity index (χ0) is 14.3. The first kappa shape index (κ1) is 15.5. The van der Waals surface area contributed by atoms with Crippen molar-refractivity contribution >= 4 is 5.91 Å². The summed E-state index contributed by atoms with van der Waals surface area (Å²) in [6.45, 7) is 4.81. The largest absolute Gasteiger partial charge is 0.508 e. The third kappa shape index (κ3) is 5.28. The average molecular weight is 266 g/mol. The van der Waals surface area contributed by atoms with Gasteiger partial charge in [0.2, 0.25) is 5.91 Å². The van der Waals surface area contributed by atoms with Crippen LogP contribution < -0.4 is 10.6 Å². The van der Waals surface area contributed by atoms with E-state index >= 15 is 0 Å². The van der Waals surface area contributed by atoms with Crippen LogP contribution in [0.5, 0.6) is 5.75 Å². The van der Waals surface area contributed by atoms with Crippen LogP contribution >= 0.6 is 0 Å². The van der Waals surface area contributed by atoms with Crippen LogP contribution in [0.3, 0.4) is 0 Å². The number of aromatic hydroxyl groups is 1. The molecule has 2 unspecified atom stereocenters. The predicted octanol–water partition coefficient (Wildman–Crippen LogP) is 1.19. The zero-order valence-electron chi connectivity index (χ0n) is 11.6. The lowest BCUT2D eigenvalue weighted by Gasteiger charge is -2.20. The van der Waals surface area contributed by atoms with Gasteiger partial charge in [-0.05, 0) is 31.5 Å². The van der Waals surface area contributed by atoms with Crippen LogP contribution in [0.25, 0.3) is 0 Å². The van der Waals surface area contributed by atoms with Crippen molar-refractivity contribution in [2.75, 3.05) is 20.3 Å². The van der Waals surface area contributed by atoms with E-state index in [-0.39, 0.29) is 23.7 Å². The molecule has 0 aliphatic carbocycles. The minimum absolute atomic E-state index is 0.0313. The minimum Gasteiger partial charge on any atom is -0.508 e. The lowest BCUT2D eigenvalue weighted by Crippen LogP contribution is -2.44. The summed E-state index contributed by atoms with van der Waals surface area (Å²) in [6.07, 6.45) is 0. The van der Waals surface area contributed by atoms with Gasteiger partial charge in [-0.3, -0.25) is 10.1 Å². The van der Waals surface area contributed by atoms with Gasteiger partial charge in [0.15, 0.2) is 0 Å². The number of carbonyl (C=O) groups excluding carboxylic acids is 1. The molecule has 0 aliphatic heterocycles. The Bertz CT molecular complexity index is 392. The fourth-order valence-corrected chi connectivity index (χ4v) is 1.74. The van der Waals surface area contributed by atoms with Gasteiger partial charge in [-0.1, -0.05) is 12.1 Å². The molecule has 1 aromatic rings. The summed E-state index contributed by atoms with van der Waals surface area (Å²) in [5.41, 5.74) is 1.02. The van der Waals surface area contributed by atoms with Crippen LogP contribution in [0.15, 0.2) is 24.3 Å². The predicted molar refractivity (Wildman–Crippen MR) is 74.0 cm³/mol. The molecule has 3 N–H and O–H groups in total. The second-order valence-electron chi connectivity index (χ2n) is 4.49. The SMILES string of the molecule is COCCNC(=O)C(C)NC(C)c1ccc(O)cc1. The monoisotopic (exact) mass is 266 g/mol. The first-order chi connectivity index (χ1) is 9.04. The maximum absolute atomic E-state index is 11.8. The molecule has 0 saturated carbocycles. The normalized spacial score (nSPS) is 13.8. The Balaban J connectivity index is 2.44. The van der Waals surface area contributed by atoms with E-state index < -0.39 is 0 Å². The molecule has 0 aromatic heterocycles. The van der Waals surface area contributed by atoms with Crippen LogP contribution in [0.1, 0.15) is 25.5 Å². The topological polar surface area (TPSA) is 70.6 Å². The van der Waals surface area contributed by atoms with Crippen LogP contribution in [-0.4, -0.2) is 37.3 Å². The molecule has 5 nitrogen and oxygen atoms in total. The third-order valence-corrected chi connectivity index (χ3v) is 2.89. The van der Waals surface area contributed by atoms with Crippen molar-refractivity contribution in [2.24, 2.45) is 0 Å². The van der Waals surface area contributed by atoms with Gasteiger partial charge < -0.3 is 15.2 Å². The number of ether oxygens (including phenoxy) is 1. The average Bonchev–Trinajstić information content (AvgIpc) is 2.39. The van der Waals surface area contributed by atoms with Gasteiger partial charge in [0.1, 0.15) is 5.75 Å². The van der Waals surface area contributed by atoms with E-state index in [4.69, 9.17) is 4.74 Å². The Kier molecular flexibility index (Phi) is 6.32. The molecule has 19 heavy (non-hydrogen) atoms. The van der Waals surface area contributed by atoms with Gasteiger partial charge in [-0.25, -0.2) is 0 Å². The Hall–Kier alpha value is -1.59. The van der Waals surface area contributed by atoms with E-state index in [1.807, 2.05) is 26.0 Å². The Labute approximate surface area is 114 Å².